The molecule has 26 heavy (non-hydrogen) atoms. The zero-order valence-electron chi connectivity index (χ0n) is 14.6. The van der Waals surface area contributed by atoms with Crippen molar-refractivity contribution in [1.82, 2.24) is 10.2 Å². The Kier molecular flexibility index (Phi) is 5.91. The fraction of sp³-hybridized carbons (Fsp3) is 0.211. The lowest BCUT2D eigenvalue weighted by Crippen LogP contribution is -2.27. The van der Waals surface area contributed by atoms with E-state index in [9.17, 15) is 4.79 Å². The Morgan fingerprint density at radius 1 is 1.12 bits per heavy atom. The van der Waals surface area contributed by atoms with E-state index in [4.69, 9.17) is 9.15 Å². The molecule has 0 aliphatic rings. The van der Waals surface area contributed by atoms with Crippen molar-refractivity contribution >= 4 is 23.4 Å². The molecule has 0 spiro atoms. The van der Waals surface area contributed by atoms with Crippen molar-refractivity contribution in [2.45, 2.75) is 12.1 Å². The quantitative estimate of drug-likeness (QED) is 0.589. The summed E-state index contributed by atoms with van der Waals surface area (Å²) in [7, 11) is 1.75. The number of anilines is 1. The van der Waals surface area contributed by atoms with Crippen LogP contribution in [0.3, 0.4) is 0 Å². The molecule has 0 saturated carbocycles. The van der Waals surface area contributed by atoms with Crippen molar-refractivity contribution in [3.8, 4) is 17.2 Å². The van der Waals surface area contributed by atoms with E-state index in [1.165, 1.54) is 11.8 Å². The Bertz CT molecular complexity index is 867. The lowest BCUT2D eigenvalue weighted by Gasteiger charge is -2.16. The summed E-state index contributed by atoms with van der Waals surface area (Å²) in [4.78, 5) is 13.9. The highest BCUT2D eigenvalue weighted by molar-refractivity contribution is 7.99. The largest absolute Gasteiger partial charge is 0.493 e. The minimum Gasteiger partial charge on any atom is -0.493 e. The van der Waals surface area contributed by atoms with Crippen molar-refractivity contribution < 1.29 is 13.9 Å². The third kappa shape index (κ3) is 4.23. The zero-order valence-corrected chi connectivity index (χ0v) is 15.4. The highest BCUT2D eigenvalue weighted by Crippen LogP contribution is 2.30. The summed E-state index contributed by atoms with van der Waals surface area (Å²) in [6.45, 7) is 2.47. The molecular weight excluding hydrogens is 350 g/mol. The molecule has 0 aliphatic carbocycles. The highest BCUT2D eigenvalue weighted by Gasteiger charge is 2.16. The first-order valence-corrected chi connectivity index (χ1v) is 9.17. The molecule has 134 valence electrons. The maximum Gasteiger partial charge on any atom is 0.277 e. The van der Waals surface area contributed by atoms with E-state index in [1.54, 1.807) is 11.9 Å². The maximum absolute atomic E-state index is 12.3. The molecule has 1 heterocycles. The van der Waals surface area contributed by atoms with Crippen molar-refractivity contribution in [3.05, 3.63) is 54.6 Å². The molecule has 7 heteroatoms. The first kappa shape index (κ1) is 18.0. The first-order valence-electron chi connectivity index (χ1n) is 8.19. The highest BCUT2D eigenvalue weighted by atomic mass is 32.2. The van der Waals surface area contributed by atoms with Crippen LogP contribution in [0.4, 0.5) is 5.69 Å². The van der Waals surface area contributed by atoms with E-state index in [2.05, 4.69) is 10.2 Å². The Hall–Kier alpha value is -2.80. The van der Waals surface area contributed by atoms with Gasteiger partial charge in [-0.25, -0.2) is 0 Å². The number of hydrogen-bond donors (Lipinski definition) is 0. The van der Waals surface area contributed by atoms with E-state index in [0.717, 1.165) is 11.3 Å². The molecule has 0 fully saturated rings. The SMILES string of the molecule is CCOc1ccccc1-c1nnc(SCC(=O)N(C)c2ccccc2)o1. The predicted octanol–water partition coefficient (Wildman–Crippen LogP) is 3.89. The number of hydrogen-bond acceptors (Lipinski definition) is 6. The number of rotatable bonds is 7. The van der Waals surface area contributed by atoms with Gasteiger partial charge in [-0.15, -0.1) is 10.2 Å². The summed E-state index contributed by atoms with van der Waals surface area (Å²) in [6.07, 6.45) is 0. The second kappa shape index (κ2) is 8.53. The number of nitrogens with zero attached hydrogens (tertiary/aromatic N) is 3. The van der Waals surface area contributed by atoms with Gasteiger partial charge in [0, 0.05) is 12.7 Å². The standard InChI is InChI=1S/C19H19N3O3S/c1-3-24-16-12-8-7-11-15(16)18-20-21-19(25-18)26-13-17(23)22(2)14-9-5-4-6-10-14/h4-12H,3,13H2,1-2H3. The van der Waals surface area contributed by atoms with Crippen molar-refractivity contribution in [3.63, 3.8) is 0 Å². The second-order valence-corrected chi connectivity index (χ2v) is 6.31. The Morgan fingerprint density at radius 2 is 1.85 bits per heavy atom. The molecule has 6 nitrogen and oxygen atoms in total. The summed E-state index contributed by atoms with van der Waals surface area (Å²) in [6, 6.07) is 17.0. The zero-order chi connectivity index (χ0) is 18.4. The number of amides is 1. The van der Waals surface area contributed by atoms with Gasteiger partial charge in [-0.05, 0) is 31.2 Å². The molecule has 1 aromatic heterocycles. The molecule has 2 aromatic carbocycles. The maximum atomic E-state index is 12.3. The van der Waals surface area contributed by atoms with E-state index in [-0.39, 0.29) is 11.7 Å². The normalized spacial score (nSPS) is 10.5. The van der Waals surface area contributed by atoms with Gasteiger partial charge in [-0.3, -0.25) is 4.79 Å². The predicted molar refractivity (Wildman–Crippen MR) is 101 cm³/mol. The van der Waals surface area contributed by atoms with Crippen LogP contribution in [0.5, 0.6) is 5.75 Å². The van der Waals surface area contributed by atoms with Crippen LogP contribution >= 0.6 is 11.8 Å². The molecule has 0 radical (unpaired) electrons. The molecule has 0 unspecified atom stereocenters. The van der Waals surface area contributed by atoms with Crippen molar-refractivity contribution in [1.29, 1.82) is 0 Å². The molecule has 0 N–H and O–H groups in total. The minimum absolute atomic E-state index is 0.0457. The lowest BCUT2D eigenvalue weighted by molar-refractivity contribution is -0.115. The summed E-state index contributed by atoms with van der Waals surface area (Å²) in [5.41, 5.74) is 1.58. The average molecular weight is 369 g/mol. The summed E-state index contributed by atoms with van der Waals surface area (Å²) in [5.74, 6) is 1.23. The van der Waals surface area contributed by atoms with Crippen LogP contribution in [0.2, 0.25) is 0 Å². The van der Waals surface area contributed by atoms with Crippen LogP contribution in [0, 0.1) is 0 Å². The molecule has 0 aliphatic heterocycles. The van der Waals surface area contributed by atoms with Crippen LogP contribution in [0.1, 0.15) is 6.92 Å². The van der Waals surface area contributed by atoms with Crippen molar-refractivity contribution in [2.24, 2.45) is 0 Å². The molecule has 0 bridgehead atoms. The molecule has 0 atom stereocenters. The summed E-state index contributed by atoms with van der Waals surface area (Å²) in [5, 5.41) is 8.43. The number of carbonyl (C=O) groups excluding carboxylic acids is 1. The smallest absolute Gasteiger partial charge is 0.277 e. The Labute approximate surface area is 156 Å². The number of ether oxygens (including phenoxy) is 1. The first-order chi connectivity index (χ1) is 12.7. The topological polar surface area (TPSA) is 68.5 Å². The molecule has 1 amide bonds. The monoisotopic (exact) mass is 369 g/mol. The number of thioether (sulfide) groups is 1. The molecule has 3 rings (SSSR count). The second-order valence-electron chi connectivity index (χ2n) is 5.38. The van der Waals surface area contributed by atoms with Gasteiger partial charge in [0.25, 0.3) is 11.1 Å². The van der Waals surface area contributed by atoms with Crippen LogP contribution < -0.4 is 9.64 Å². The van der Waals surface area contributed by atoms with Crippen LogP contribution in [-0.4, -0.2) is 35.5 Å². The van der Waals surface area contributed by atoms with E-state index >= 15 is 0 Å². The Balaban J connectivity index is 1.65. The van der Waals surface area contributed by atoms with Crippen LogP contribution in [0.25, 0.3) is 11.5 Å². The number of aromatic nitrogens is 2. The summed E-state index contributed by atoms with van der Waals surface area (Å²) < 4.78 is 11.3. The average Bonchev–Trinajstić information content (AvgIpc) is 3.16. The van der Waals surface area contributed by atoms with E-state index in [1.807, 2.05) is 61.5 Å². The van der Waals surface area contributed by atoms with E-state index < -0.39 is 0 Å². The van der Waals surface area contributed by atoms with Gasteiger partial charge < -0.3 is 14.1 Å². The van der Waals surface area contributed by atoms with Gasteiger partial charge >= 0.3 is 0 Å². The van der Waals surface area contributed by atoms with Crippen LogP contribution in [-0.2, 0) is 4.79 Å². The van der Waals surface area contributed by atoms with Gasteiger partial charge in [0.05, 0.1) is 17.9 Å². The van der Waals surface area contributed by atoms with Crippen molar-refractivity contribution in [2.75, 3.05) is 24.3 Å². The molecule has 0 saturated heterocycles. The fourth-order valence-electron chi connectivity index (χ4n) is 2.32. The third-order valence-electron chi connectivity index (χ3n) is 3.66. The van der Waals surface area contributed by atoms with Gasteiger partial charge in [0.1, 0.15) is 5.75 Å². The number of para-hydroxylation sites is 2. The van der Waals surface area contributed by atoms with Crippen LogP contribution in [0.15, 0.2) is 64.2 Å². The van der Waals surface area contributed by atoms with Gasteiger partial charge in [-0.2, -0.15) is 0 Å². The molecular formula is C19H19N3O3S. The number of carbonyl (C=O) groups is 1. The lowest BCUT2D eigenvalue weighted by atomic mass is 10.2. The summed E-state index contributed by atoms with van der Waals surface area (Å²) >= 11 is 1.21. The van der Waals surface area contributed by atoms with E-state index in [0.29, 0.717) is 23.5 Å². The molecule has 3 aromatic rings. The third-order valence-corrected chi connectivity index (χ3v) is 4.46. The van der Waals surface area contributed by atoms with Gasteiger partial charge in [0.15, 0.2) is 0 Å². The van der Waals surface area contributed by atoms with Gasteiger partial charge in [0.2, 0.25) is 5.91 Å². The fourth-order valence-corrected chi connectivity index (χ4v) is 2.99. The number of benzene rings is 2. The Morgan fingerprint density at radius 3 is 2.62 bits per heavy atom. The van der Waals surface area contributed by atoms with Gasteiger partial charge in [-0.1, -0.05) is 42.1 Å². The minimum atomic E-state index is -0.0457.